The largest absolute Gasteiger partial charge is 0.481 e. The van der Waals surface area contributed by atoms with E-state index in [1.807, 2.05) is 0 Å². The predicted octanol–water partition coefficient (Wildman–Crippen LogP) is 2.68. The summed E-state index contributed by atoms with van der Waals surface area (Å²) >= 11 is 0. The summed E-state index contributed by atoms with van der Waals surface area (Å²) in [7, 11) is 0. The maximum Gasteiger partial charge on any atom is 0.313 e. The monoisotopic (exact) mass is 346 g/mol. The number of benzene rings is 1. The molecule has 1 atom stereocenters. The van der Waals surface area contributed by atoms with Gasteiger partial charge in [-0.1, -0.05) is 25.0 Å². The van der Waals surface area contributed by atoms with Gasteiger partial charge in [0.1, 0.15) is 6.04 Å². The Bertz CT molecular complexity index is 646. The highest BCUT2D eigenvalue weighted by Gasteiger charge is 2.32. The summed E-state index contributed by atoms with van der Waals surface area (Å²) in [5.41, 5.74) is 0.251. The van der Waals surface area contributed by atoms with Crippen molar-refractivity contribution in [1.82, 2.24) is 5.32 Å². The Kier molecular flexibility index (Phi) is 5.82. The van der Waals surface area contributed by atoms with Gasteiger partial charge in [-0.3, -0.25) is 14.4 Å². The van der Waals surface area contributed by atoms with Crippen molar-refractivity contribution in [2.75, 3.05) is 5.32 Å². The summed E-state index contributed by atoms with van der Waals surface area (Å²) in [6, 6.07) is 6.25. The van der Waals surface area contributed by atoms with E-state index in [1.54, 1.807) is 38.1 Å². The fourth-order valence-corrected chi connectivity index (χ4v) is 3.22. The maximum absolute atomic E-state index is 12.6. The molecule has 1 saturated carbocycles. The highest BCUT2D eigenvalue weighted by Crippen LogP contribution is 2.29. The molecule has 0 spiro atoms. The van der Waals surface area contributed by atoms with Crippen molar-refractivity contribution in [3.63, 3.8) is 0 Å². The molecule has 0 aliphatic heterocycles. The van der Waals surface area contributed by atoms with E-state index in [9.17, 15) is 19.5 Å². The molecular formula is C19H26N2O4. The van der Waals surface area contributed by atoms with Gasteiger partial charge in [0.25, 0.3) is 0 Å². The lowest BCUT2D eigenvalue weighted by Crippen LogP contribution is -2.47. The topological polar surface area (TPSA) is 95.5 Å². The smallest absolute Gasteiger partial charge is 0.313 e. The number of nitrogens with one attached hydrogen (secondary N) is 2. The minimum atomic E-state index is -0.995. The van der Waals surface area contributed by atoms with Gasteiger partial charge in [-0.25, -0.2) is 0 Å². The molecule has 6 heteroatoms. The zero-order valence-electron chi connectivity index (χ0n) is 15.0. The number of carboxylic acid groups (broad SMARTS) is 1. The molecular weight excluding hydrogens is 320 g/mol. The van der Waals surface area contributed by atoms with Crippen molar-refractivity contribution in [2.24, 2.45) is 5.92 Å². The van der Waals surface area contributed by atoms with Gasteiger partial charge in [0, 0.05) is 12.6 Å². The summed E-state index contributed by atoms with van der Waals surface area (Å²) in [6.07, 6.45) is 4.02. The highest BCUT2D eigenvalue weighted by molar-refractivity contribution is 5.97. The summed E-state index contributed by atoms with van der Waals surface area (Å²) in [4.78, 5) is 35.4. The van der Waals surface area contributed by atoms with Crippen molar-refractivity contribution < 1.29 is 19.5 Å². The first-order valence-corrected chi connectivity index (χ1v) is 8.63. The molecule has 1 fully saturated rings. The molecule has 0 aromatic heterocycles. The van der Waals surface area contributed by atoms with Gasteiger partial charge in [0.05, 0.1) is 5.41 Å². The van der Waals surface area contributed by atoms with Crippen molar-refractivity contribution in [1.29, 1.82) is 0 Å². The van der Waals surface area contributed by atoms with E-state index >= 15 is 0 Å². The molecule has 1 unspecified atom stereocenters. The number of anilines is 1. The van der Waals surface area contributed by atoms with Crippen LogP contribution in [0, 0.1) is 5.92 Å². The molecule has 1 aliphatic rings. The van der Waals surface area contributed by atoms with Crippen molar-refractivity contribution in [3.05, 3.63) is 29.8 Å². The van der Waals surface area contributed by atoms with Crippen LogP contribution >= 0.6 is 0 Å². The van der Waals surface area contributed by atoms with Gasteiger partial charge < -0.3 is 15.7 Å². The van der Waals surface area contributed by atoms with Gasteiger partial charge in [-0.15, -0.1) is 0 Å². The predicted molar refractivity (Wildman–Crippen MR) is 95.3 cm³/mol. The molecule has 1 aromatic carbocycles. The molecule has 25 heavy (non-hydrogen) atoms. The number of rotatable bonds is 6. The number of hydrogen-bond donors (Lipinski definition) is 3. The number of carbonyl (C=O) groups excluding carboxylic acids is 2. The number of amides is 2. The third-order valence-electron chi connectivity index (χ3n) is 4.92. The second kappa shape index (κ2) is 7.68. The van der Waals surface area contributed by atoms with Crippen molar-refractivity contribution in [2.45, 2.75) is 57.9 Å². The molecule has 0 bridgehead atoms. The minimum Gasteiger partial charge on any atom is -0.481 e. The van der Waals surface area contributed by atoms with Crippen LogP contribution in [0.1, 0.15) is 52.0 Å². The molecule has 1 aromatic rings. The number of hydrogen-bond acceptors (Lipinski definition) is 3. The van der Waals surface area contributed by atoms with Gasteiger partial charge >= 0.3 is 5.97 Å². The third kappa shape index (κ3) is 4.59. The van der Waals surface area contributed by atoms with Crippen LogP contribution in [0.2, 0.25) is 0 Å². The average molecular weight is 346 g/mol. The van der Waals surface area contributed by atoms with Crippen LogP contribution < -0.4 is 10.6 Å². The van der Waals surface area contributed by atoms with Gasteiger partial charge in [-0.2, -0.15) is 0 Å². The Hall–Kier alpha value is -2.37. The van der Waals surface area contributed by atoms with E-state index in [0.29, 0.717) is 11.3 Å². The fraction of sp³-hybridized carbons (Fsp3) is 0.526. The normalized spacial score (nSPS) is 16.3. The van der Waals surface area contributed by atoms with E-state index in [2.05, 4.69) is 10.6 Å². The van der Waals surface area contributed by atoms with Crippen LogP contribution in [0.5, 0.6) is 0 Å². The summed E-state index contributed by atoms with van der Waals surface area (Å²) in [6.45, 7) is 4.68. The molecule has 0 radical (unpaired) electrons. The Morgan fingerprint density at radius 1 is 1.12 bits per heavy atom. The number of carbonyl (C=O) groups is 3. The Labute approximate surface area is 148 Å². The van der Waals surface area contributed by atoms with E-state index in [-0.39, 0.29) is 17.7 Å². The molecule has 2 rings (SSSR count). The van der Waals surface area contributed by atoms with Crippen LogP contribution in [0.25, 0.3) is 0 Å². The van der Waals surface area contributed by atoms with E-state index < -0.39 is 17.4 Å². The number of aliphatic carboxylic acids is 1. The first-order valence-electron chi connectivity index (χ1n) is 8.63. The van der Waals surface area contributed by atoms with Gasteiger partial charge in [-0.05, 0) is 50.3 Å². The van der Waals surface area contributed by atoms with E-state index in [1.165, 1.54) is 6.92 Å². The lowest BCUT2D eigenvalue weighted by atomic mass is 9.85. The van der Waals surface area contributed by atoms with Crippen LogP contribution in [0.15, 0.2) is 24.3 Å². The van der Waals surface area contributed by atoms with Crippen molar-refractivity contribution in [3.8, 4) is 0 Å². The standard InChI is InChI=1S/C19H26N2O4/c1-12(22)20-16(13-6-4-5-7-13)17(23)21-15-10-8-14(9-11-15)19(2,3)18(24)25/h8-11,13,16H,4-7H2,1-3H3,(H,20,22)(H,21,23)(H,24,25). The highest BCUT2D eigenvalue weighted by atomic mass is 16.4. The molecule has 0 heterocycles. The Morgan fingerprint density at radius 3 is 2.16 bits per heavy atom. The summed E-state index contributed by atoms with van der Waals surface area (Å²) < 4.78 is 0. The van der Waals surface area contributed by atoms with E-state index in [4.69, 9.17) is 0 Å². The van der Waals surface area contributed by atoms with Crippen LogP contribution in [0.3, 0.4) is 0 Å². The first kappa shape index (κ1) is 19.0. The zero-order valence-corrected chi connectivity index (χ0v) is 15.0. The van der Waals surface area contributed by atoms with Crippen LogP contribution in [0.4, 0.5) is 5.69 Å². The fourth-order valence-electron chi connectivity index (χ4n) is 3.22. The Morgan fingerprint density at radius 2 is 1.68 bits per heavy atom. The SMILES string of the molecule is CC(=O)NC(C(=O)Nc1ccc(C(C)(C)C(=O)O)cc1)C1CCCC1. The molecule has 6 nitrogen and oxygen atoms in total. The second-order valence-corrected chi connectivity index (χ2v) is 7.22. The van der Waals surface area contributed by atoms with E-state index in [0.717, 1.165) is 25.7 Å². The minimum absolute atomic E-state index is 0.161. The lowest BCUT2D eigenvalue weighted by Gasteiger charge is -2.24. The molecule has 136 valence electrons. The lowest BCUT2D eigenvalue weighted by molar-refractivity contribution is -0.142. The van der Waals surface area contributed by atoms with Gasteiger partial charge in [0.2, 0.25) is 11.8 Å². The van der Waals surface area contributed by atoms with Crippen LogP contribution in [-0.2, 0) is 19.8 Å². The first-order chi connectivity index (χ1) is 11.7. The van der Waals surface area contributed by atoms with Crippen molar-refractivity contribution >= 4 is 23.5 Å². The number of carboxylic acids is 1. The average Bonchev–Trinajstić information content (AvgIpc) is 3.06. The molecule has 0 saturated heterocycles. The Balaban J connectivity index is 2.10. The third-order valence-corrected chi connectivity index (χ3v) is 4.92. The van der Waals surface area contributed by atoms with Crippen LogP contribution in [-0.4, -0.2) is 28.9 Å². The zero-order chi connectivity index (χ0) is 18.6. The maximum atomic E-state index is 12.6. The quantitative estimate of drug-likeness (QED) is 0.738. The molecule has 3 N–H and O–H groups in total. The van der Waals surface area contributed by atoms with Gasteiger partial charge in [0.15, 0.2) is 0 Å². The molecule has 1 aliphatic carbocycles. The summed E-state index contributed by atoms with van der Waals surface area (Å²) in [5.74, 6) is -1.19. The second-order valence-electron chi connectivity index (χ2n) is 7.22. The molecule has 2 amide bonds. The summed E-state index contributed by atoms with van der Waals surface area (Å²) in [5, 5.41) is 14.9.